The summed E-state index contributed by atoms with van der Waals surface area (Å²) in [6.07, 6.45) is 7.14. The zero-order chi connectivity index (χ0) is 8.93. The van der Waals surface area contributed by atoms with Gasteiger partial charge in [0, 0.05) is 0 Å². The van der Waals surface area contributed by atoms with Gasteiger partial charge in [-0.05, 0) is 70.7 Å². The number of piperidine rings is 1. The summed E-state index contributed by atoms with van der Waals surface area (Å²) in [6, 6.07) is 0. The molecule has 2 saturated heterocycles. The van der Waals surface area contributed by atoms with Gasteiger partial charge in [-0.2, -0.15) is 0 Å². The zero-order valence-electron chi connectivity index (χ0n) is 9.41. The van der Waals surface area contributed by atoms with Gasteiger partial charge in [0.05, 0.1) is 0 Å². The highest BCUT2D eigenvalue weighted by molar-refractivity contribution is 5.85. The van der Waals surface area contributed by atoms with Crippen LogP contribution in [0.2, 0.25) is 0 Å². The number of rotatable bonds is 3. The quantitative estimate of drug-likeness (QED) is 0.832. The number of nitrogens with zero attached hydrogens (tertiary/aromatic N) is 1. The second kappa shape index (κ2) is 8.63. The molecule has 2 aliphatic heterocycles. The van der Waals surface area contributed by atoms with Crippen molar-refractivity contribution in [1.82, 2.24) is 10.2 Å². The first kappa shape index (κ1) is 15.5. The van der Waals surface area contributed by atoms with E-state index in [0.29, 0.717) is 0 Å². The fraction of sp³-hybridized carbons (Fsp3) is 1.00. The van der Waals surface area contributed by atoms with Crippen LogP contribution in [-0.2, 0) is 0 Å². The molecule has 4 heteroatoms. The van der Waals surface area contributed by atoms with Crippen LogP contribution in [0.1, 0.15) is 32.1 Å². The Morgan fingerprint density at radius 1 is 1.00 bits per heavy atom. The molecule has 0 aliphatic carbocycles. The van der Waals surface area contributed by atoms with Crippen molar-refractivity contribution in [3.63, 3.8) is 0 Å². The van der Waals surface area contributed by atoms with E-state index in [9.17, 15) is 0 Å². The van der Waals surface area contributed by atoms with Gasteiger partial charge in [-0.1, -0.05) is 0 Å². The highest BCUT2D eigenvalue weighted by atomic mass is 35.5. The van der Waals surface area contributed by atoms with E-state index in [-0.39, 0.29) is 24.8 Å². The third-order valence-electron chi connectivity index (χ3n) is 3.51. The van der Waals surface area contributed by atoms with Gasteiger partial charge < -0.3 is 10.2 Å². The van der Waals surface area contributed by atoms with E-state index >= 15 is 0 Å². The molecule has 0 atom stereocenters. The number of halogens is 2. The van der Waals surface area contributed by atoms with E-state index in [2.05, 4.69) is 10.2 Å². The molecule has 0 unspecified atom stereocenters. The average molecular weight is 255 g/mol. The highest BCUT2D eigenvalue weighted by Crippen LogP contribution is 2.17. The Labute approximate surface area is 106 Å². The van der Waals surface area contributed by atoms with E-state index in [1.807, 2.05) is 0 Å². The molecular formula is C11H24Cl2N2. The number of hydrogen-bond acceptors (Lipinski definition) is 2. The van der Waals surface area contributed by atoms with Crippen molar-refractivity contribution in [3.05, 3.63) is 0 Å². The van der Waals surface area contributed by atoms with Crippen LogP contribution < -0.4 is 5.32 Å². The smallest absolute Gasteiger partial charge is 0.00161 e. The van der Waals surface area contributed by atoms with E-state index in [1.54, 1.807) is 0 Å². The summed E-state index contributed by atoms with van der Waals surface area (Å²) in [5.74, 6) is 1.02. The van der Waals surface area contributed by atoms with Crippen molar-refractivity contribution in [3.8, 4) is 0 Å². The van der Waals surface area contributed by atoms with Gasteiger partial charge in [0.15, 0.2) is 0 Å². The van der Waals surface area contributed by atoms with Crippen LogP contribution >= 0.6 is 24.8 Å². The third kappa shape index (κ3) is 5.39. The maximum Gasteiger partial charge on any atom is -0.00161 e. The van der Waals surface area contributed by atoms with Crippen LogP contribution in [0, 0.1) is 5.92 Å². The van der Waals surface area contributed by atoms with Gasteiger partial charge in [-0.15, -0.1) is 24.8 Å². The molecule has 0 bridgehead atoms. The zero-order valence-corrected chi connectivity index (χ0v) is 11.0. The SMILES string of the molecule is C1CCN(CCC2CCNCC2)C1.Cl.Cl. The Bertz CT molecular complexity index is 144. The molecule has 0 radical (unpaired) electrons. The molecule has 2 nitrogen and oxygen atoms in total. The molecule has 2 fully saturated rings. The van der Waals surface area contributed by atoms with Gasteiger partial charge in [0.25, 0.3) is 0 Å². The topological polar surface area (TPSA) is 15.3 Å². The summed E-state index contributed by atoms with van der Waals surface area (Å²) in [4.78, 5) is 2.64. The Morgan fingerprint density at radius 2 is 1.60 bits per heavy atom. The van der Waals surface area contributed by atoms with Crippen molar-refractivity contribution in [2.45, 2.75) is 32.1 Å². The third-order valence-corrected chi connectivity index (χ3v) is 3.51. The lowest BCUT2D eigenvalue weighted by molar-refractivity contribution is 0.272. The summed E-state index contributed by atoms with van der Waals surface area (Å²) in [5.41, 5.74) is 0. The van der Waals surface area contributed by atoms with Crippen molar-refractivity contribution in [2.24, 2.45) is 5.92 Å². The predicted molar refractivity (Wildman–Crippen MR) is 70.4 cm³/mol. The lowest BCUT2D eigenvalue weighted by atomic mass is 9.94. The summed E-state index contributed by atoms with van der Waals surface area (Å²) in [5, 5.41) is 3.43. The minimum absolute atomic E-state index is 0. The average Bonchev–Trinajstić information content (AvgIpc) is 2.69. The van der Waals surface area contributed by atoms with Crippen molar-refractivity contribution < 1.29 is 0 Å². The van der Waals surface area contributed by atoms with E-state index in [1.165, 1.54) is 64.8 Å². The van der Waals surface area contributed by atoms with Crippen LogP contribution in [0.15, 0.2) is 0 Å². The Hall–Kier alpha value is 0.500. The van der Waals surface area contributed by atoms with Crippen molar-refractivity contribution in [1.29, 1.82) is 0 Å². The lowest BCUT2D eigenvalue weighted by Gasteiger charge is -2.24. The van der Waals surface area contributed by atoms with E-state index in [4.69, 9.17) is 0 Å². The van der Waals surface area contributed by atoms with E-state index in [0.717, 1.165) is 5.92 Å². The summed E-state index contributed by atoms with van der Waals surface area (Å²) >= 11 is 0. The molecule has 0 aromatic rings. The second-order valence-corrected chi connectivity index (χ2v) is 4.53. The van der Waals surface area contributed by atoms with Crippen LogP contribution in [0.3, 0.4) is 0 Å². The standard InChI is InChI=1S/C11H22N2.2ClH/c1-2-9-13(8-1)10-5-11-3-6-12-7-4-11;;/h11-12H,1-10H2;2*1H. The normalized spacial score (nSPS) is 23.2. The van der Waals surface area contributed by atoms with Gasteiger partial charge in [-0.3, -0.25) is 0 Å². The predicted octanol–water partition coefficient (Wildman–Crippen LogP) is 2.32. The molecule has 1 N–H and O–H groups in total. The molecular weight excluding hydrogens is 231 g/mol. The molecule has 15 heavy (non-hydrogen) atoms. The second-order valence-electron chi connectivity index (χ2n) is 4.53. The molecule has 0 amide bonds. The first-order valence-electron chi connectivity index (χ1n) is 5.88. The van der Waals surface area contributed by atoms with Crippen LogP contribution in [0.5, 0.6) is 0 Å². The molecule has 2 rings (SSSR count). The minimum Gasteiger partial charge on any atom is -0.317 e. The molecule has 0 aromatic carbocycles. The van der Waals surface area contributed by atoms with Gasteiger partial charge in [-0.25, -0.2) is 0 Å². The monoisotopic (exact) mass is 254 g/mol. The Morgan fingerprint density at radius 3 is 2.20 bits per heavy atom. The summed E-state index contributed by atoms with van der Waals surface area (Å²) in [6.45, 7) is 6.61. The Balaban J connectivity index is 0.000000980. The first-order chi connectivity index (χ1) is 6.45. The van der Waals surface area contributed by atoms with E-state index < -0.39 is 0 Å². The fourth-order valence-corrected chi connectivity index (χ4v) is 2.54. The molecule has 0 aromatic heterocycles. The van der Waals surface area contributed by atoms with Crippen LogP contribution in [0.25, 0.3) is 0 Å². The molecule has 2 aliphatic rings. The van der Waals surface area contributed by atoms with Gasteiger partial charge in [0.2, 0.25) is 0 Å². The molecule has 0 saturated carbocycles. The van der Waals surface area contributed by atoms with Crippen LogP contribution in [-0.4, -0.2) is 37.6 Å². The maximum absolute atomic E-state index is 3.43. The van der Waals surface area contributed by atoms with Gasteiger partial charge in [0.1, 0.15) is 0 Å². The molecule has 92 valence electrons. The minimum atomic E-state index is 0. The maximum atomic E-state index is 3.43. The lowest BCUT2D eigenvalue weighted by Crippen LogP contribution is -2.30. The fourth-order valence-electron chi connectivity index (χ4n) is 2.54. The molecule has 2 heterocycles. The van der Waals surface area contributed by atoms with Crippen molar-refractivity contribution in [2.75, 3.05) is 32.7 Å². The number of hydrogen-bond donors (Lipinski definition) is 1. The number of likely N-dealkylation sites (tertiary alicyclic amines) is 1. The number of nitrogens with one attached hydrogen (secondary N) is 1. The van der Waals surface area contributed by atoms with Crippen LogP contribution in [0.4, 0.5) is 0 Å². The summed E-state index contributed by atoms with van der Waals surface area (Å²) in [7, 11) is 0. The van der Waals surface area contributed by atoms with Crippen molar-refractivity contribution >= 4 is 24.8 Å². The first-order valence-corrected chi connectivity index (χ1v) is 5.88. The summed E-state index contributed by atoms with van der Waals surface area (Å²) < 4.78 is 0. The highest BCUT2D eigenvalue weighted by Gasteiger charge is 2.16. The molecule has 0 spiro atoms. The van der Waals surface area contributed by atoms with Gasteiger partial charge >= 0.3 is 0 Å². The largest absolute Gasteiger partial charge is 0.317 e. The Kier molecular flexibility index (Phi) is 8.92.